The first kappa shape index (κ1) is 21.2. The average Bonchev–Trinajstić information content (AvgIpc) is 3.11. The maximum Gasteiger partial charge on any atom is 0.251 e. The number of rotatable bonds is 6. The Bertz CT molecular complexity index is 1260. The number of benzene rings is 2. The molecule has 0 radical (unpaired) electrons. The standard InChI is InChI=1S/C25H25FN6O/c26-21-8-6-19(7-9-21)25(33)28-13-10-22-29-30-23-11-14-31(15-16-32(22)23)17-20-4-1-3-18-5-2-12-27-24(18)20/h1-9,12H,10-11,13-17H2,(H,28,33). The van der Waals surface area contributed by atoms with Crippen LogP contribution in [0.4, 0.5) is 4.39 Å². The molecule has 0 fully saturated rings. The van der Waals surface area contributed by atoms with Crippen molar-refractivity contribution in [3.63, 3.8) is 0 Å². The van der Waals surface area contributed by atoms with Crippen molar-refractivity contribution in [2.45, 2.75) is 25.9 Å². The van der Waals surface area contributed by atoms with Gasteiger partial charge in [-0.15, -0.1) is 10.2 Å². The summed E-state index contributed by atoms with van der Waals surface area (Å²) in [5, 5.41) is 12.8. The van der Waals surface area contributed by atoms with Gasteiger partial charge in [0.25, 0.3) is 5.91 Å². The van der Waals surface area contributed by atoms with Gasteiger partial charge < -0.3 is 9.88 Å². The molecule has 0 saturated heterocycles. The van der Waals surface area contributed by atoms with Gasteiger partial charge in [-0.2, -0.15) is 0 Å². The fourth-order valence-corrected chi connectivity index (χ4v) is 4.30. The summed E-state index contributed by atoms with van der Waals surface area (Å²) in [5.41, 5.74) is 2.73. The molecule has 33 heavy (non-hydrogen) atoms. The van der Waals surface area contributed by atoms with Crippen LogP contribution in [0.15, 0.2) is 60.8 Å². The summed E-state index contributed by atoms with van der Waals surface area (Å²) in [6.07, 6.45) is 3.26. The van der Waals surface area contributed by atoms with Crippen molar-refractivity contribution in [1.82, 2.24) is 30.0 Å². The van der Waals surface area contributed by atoms with E-state index in [9.17, 15) is 9.18 Å². The topological polar surface area (TPSA) is 75.9 Å². The largest absolute Gasteiger partial charge is 0.352 e. The Labute approximate surface area is 191 Å². The Morgan fingerprint density at radius 2 is 1.85 bits per heavy atom. The highest BCUT2D eigenvalue weighted by Crippen LogP contribution is 2.19. The summed E-state index contributed by atoms with van der Waals surface area (Å²) in [4.78, 5) is 19.3. The smallest absolute Gasteiger partial charge is 0.251 e. The summed E-state index contributed by atoms with van der Waals surface area (Å²) in [6, 6.07) is 15.9. The van der Waals surface area contributed by atoms with Crippen molar-refractivity contribution in [2.24, 2.45) is 0 Å². The Kier molecular flexibility index (Phi) is 6.08. The molecule has 0 atom stereocenters. The first-order valence-electron chi connectivity index (χ1n) is 11.2. The number of pyridine rings is 1. The van der Waals surface area contributed by atoms with Crippen LogP contribution in [0.3, 0.4) is 0 Å². The molecule has 0 unspecified atom stereocenters. The van der Waals surface area contributed by atoms with Crippen molar-refractivity contribution in [3.05, 3.63) is 89.4 Å². The summed E-state index contributed by atoms with van der Waals surface area (Å²) < 4.78 is 15.2. The summed E-state index contributed by atoms with van der Waals surface area (Å²) in [5.74, 6) is 1.27. The number of carbonyl (C=O) groups excluding carboxylic acids is 1. The second-order valence-electron chi connectivity index (χ2n) is 8.22. The molecule has 4 aromatic rings. The van der Waals surface area contributed by atoms with Crippen LogP contribution >= 0.6 is 0 Å². The minimum absolute atomic E-state index is 0.222. The molecule has 0 bridgehead atoms. The number of fused-ring (bicyclic) bond motifs is 2. The third kappa shape index (κ3) is 4.75. The first-order chi connectivity index (χ1) is 16.2. The van der Waals surface area contributed by atoms with E-state index in [1.165, 1.54) is 29.8 Å². The van der Waals surface area contributed by atoms with E-state index in [2.05, 4.69) is 54.2 Å². The summed E-state index contributed by atoms with van der Waals surface area (Å²) in [7, 11) is 0. The first-order valence-corrected chi connectivity index (χ1v) is 11.2. The third-order valence-electron chi connectivity index (χ3n) is 6.05. The van der Waals surface area contributed by atoms with Crippen LogP contribution < -0.4 is 5.32 Å². The van der Waals surface area contributed by atoms with Gasteiger partial charge in [-0.3, -0.25) is 14.7 Å². The van der Waals surface area contributed by atoms with Crippen LogP contribution in [0.2, 0.25) is 0 Å². The molecule has 2 aromatic carbocycles. The molecule has 5 rings (SSSR count). The van der Waals surface area contributed by atoms with Crippen LogP contribution in [0.25, 0.3) is 10.9 Å². The fraction of sp³-hybridized carbons (Fsp3) is 0.280. The van der Waals surface area contributed by atoms with E-state index in [1.54, 1.807) is 0 Å². The van der Waals surface area contributed by atoms with E-state index in [-0.39, 0.29) is 11.7 Å². The minimum Gasteiger partial charge on any atom is -0.352 e. The predicted molar refractivity (Wildman–Crippen MR) is 123 cm³/mol. The maximum atomic E-state index is 13.0. The minimum atomic E-state index is -0.358. The molecular formula is C25H25FN6O. The number of amides is 1. The molecule has 168 valence electrons. The van der Waals surface area contributed by atoms with Crippen LogP contribution in [0, 0.1) is 5.82 Å². The van der Waals surface area contributed by atoms with Gasteiger partial charge in [0.15, 0.2) is 0 Å². The second-order valence-corrected chi connectivity index (χ2v) is 8.22. The number of nitrogens with zero attached hydrogens (tertiary/aromatic N) is 5. The van der Waals surface area contributed by atoms with E-state index >= 15 is 0 Å². The molecule has 0 aliphatic carbocycles. The van der Waals surface area contributed by atoms with Gasteiger partial charge in [0, 0.05) is 62.7 Å². The lowest BCUT2D eigenvalue weighted by molar-refractivity contribution is 0.0954. The van der Waals surface area contributed by atoms with Crippen molar-refractivity contribution < 1.29 is 9.18 Å². The normalized spacial score (nSPS) is 14.1. The molecule has 1 aliphatic rings. The number of hydrogen-bond acceptors (Lipinski definition) is 5. The number of aromatic nitrogens is 4. The zero-order chi connectivity index (χ0) is 22.6. The van der Waals surface area contributed by atoms with E-state index in [4.69, 9.17) is 0 Å². The Morgan fingerprint density at radius 1 is 1.00 bits per heavy atom. The van der Waals surface area contributed by atoms with Crippen molar-refractivity contribution in [2.75, 3.05) is 19.6 Å². The molecule has 1 N–H and O–H groups in total. The van der Waals surface area contributed by atoms with Crippen LogP contribution in [-0.4, -0.2) is 50.2 Å². The molecule has 0 spiro atoms. The molecule has 2 aromatic heterocycles. The highest BCUT2D eigenvalue weighted by atomic mass is 19.1. The summed E-state index contributed by atoms with van der Waals surface area (Å²) in [6.45, 7) is 3.89. The van der Waals surface area contributed by atoms with Crippen LogP contribution in [-0.2, 0) is 25.9 Å². The van der Waals surface area contributed by atoms with Gasteiger partial charge in [-0.25, -0.2) is 4.39 Å². The van der Waals surface area contributed by atoms with E-state index < -0.39 is 0 Å². The van der Waals surface area contributed by atoms with E-state index in [0.29, 0.717) is 18.5 Å². The molecule has 8 heteroatoms. The Balaban J connectivity index is 1.19. The van der Waals surface area contributed by atoms with Crippen molar-refractivity contribution >= 4 is 16.8 Å². The lowest BCUT2D eigenvalue weighted by atomic mass is 10.1. The van der Waals surface area contributed by atoms with Gasteiger partial charge in [0.1, 0.15) is 17.5 Å². The highest BCUT2D eigenvalue weighted by Gasteiger charge is 2.19. The quantitative estimate of drug-likeness (QED) is 0.495. The van der Waals surface area contributed by atoms with Crippen LogP contribution in [0.1, 0.15) is 27.6 Å². The number of para-hydroxylation sites is 1. The number of carbonyl (C=O) groups is 1. The Morgan fingerprint density at radius 3 is 2.73 bits per heavy atom. The molecule has 1 amide bonds. The predicted octanol–water partition coefficient (Wildman–Crippen LogP) is 3.00. The van der Waals surface area contributed by atoms with Gasteiger partial charge in [-0.05, 0) is 35.9 Å². The molecular weight excluding hydrogens is 419 g/mol. The number of nitrogens with one attached hydrogen (secondary N) is 1. The van der Waals surface area contributed by atoms with Crippen molar-refractivity contribution in [3.8, 4) is 0 Å². The third-order valence-corrected chi connectivity index (χ3v) is 6.05. The van der Waals surface area contributed by atoms with Crippen molar-refractivity contribution in [1.29, 1.82) is 0 Å². The molecule has 0 saturated carbocycles. The van der Waals surface area contributed by atoms with Crippen LogP contribution in [0.5, 0.6) is 0 Å². The monoisotopic (exact) mass is 444 g/mol. The fourth-order valence-electron chi connectivity index (χ4n) is 4.30. The molecule has 1 aliphatic heterocycles. The maximum absolute atomic E-state index is 13.0. The lowest BCUT2D eigenvalue weighted by Crippen LogP contribution is -2.28. The molecule has 3 heterocycles. The zero-order valence-corrected chi connectivity index (χ0v) is 18.2. The highest BCUT2D eigenvalue weighted by molar-refractivity contribution is 5.94. The lowest BCUT2D eigenvalue weighted by Gasteiger charge is -2.20. The number of halogens is 1. The molecule has 7 nitrogen and oxygen atoms in total. The van der Waals surface area contributed by atoms with Gasteiger partial charge in [0.2, 0.25) is 0 Å². The zero-order valence-electron chi connectivity index (χ0n) is 18.2. The number of hydrogen-bond donors (Lipinski definition) is 1. The van der Waals surface area contributed by atoms with Gasteiger partial charge >= 0.3 is 0 Å². The second kappa shape index (κ2) is 9.46. The van der Waals surface area contributed by atoms with E-state index in [0.717, 1.165) is 55.2 Å². The Hall–Kier alpha value is -3.65. The van der Waals surface area contributed by atoms with Gasteiger partial charge in [0.05, 0.1) is 5.52 Å². The summed E-state index contributed by atoms with van der Waals surface area (Å²) >= 11 is 0. The van der Waals surface area contributed by atoms with E-state index in [1.807, 2.05) is 12.3 Å². The average molecular weight is 445 g/mol. The van der Waals surface area contributed by atoms with Gasteiger partial charge in [-0.1, -0.05) is 24.3 Å². The SMILES string of the molecule is O=C(NCCc1nnc2n1CCN(Cc1cccc3cccnc13)CC2)c1ccc(F)cc1.